The molecule has 0 aliphatic carbocycles. The maximum Gasteiger partial charge on any atom is 0.266 e. The highest BCUT2D eigenvalue weighted by atomic mass is 16.1. The Bertz CT molecular complexity index is 584. The number of nitrogens with zero attached hydrogens (tertiary/aromatic N) is 3. The molecule has 0 aliphatic heterocycles. The second kappa shape index (κ2) is 4.83. The van der Waals surface area contributed by atoms with E-state index in [-0.39, 0.29) is 5.56 Å². The third-order valence-electron chi connectivity index (χ3n) is 1.81. The Balaban J connectivity index is 0.000000162. The van der Waals surface area contributed by atoms with Gasteiger partial charge < -0.3 is 4.98 Å². The van der Waals surface area contributed by atoms with Gasteiger partial charge in [0.25, 0.3) is 5.56 Å². The fourth-order valence-corrected chi connectivity index (χ4v) is 1.15. The maximum absolute atomic E-state index is 10.8. The van der Waals surface area contributed by atoms with Crippen LogP contribution in [0.25, 0.3) is 11.0 Å². The third kappa shape index (κ3) is 2.50. The van der Waals surface area contributed by atoms with Crippen molar-refractivity contribution in [3.8, 4) is 0 Å². The van der Waals surface area contributed by atoms with E-state index in [0.717, 1.165) is 11.0 Å². The molecular formula is C10H9N5O. The molecule has 0 spiro atoms. The van der Waals surface area contributed by atoms with E-state index in [1.165, 1.54) is 6.20 Å². The molecule has 0 saturated heterocycles. The number of benzene rings is 1. The van der Waals surface area contributed by atoms with Gasteiger partial charge in [0.2, 0.25) is 0 Å². The number of rotatable bonds is 0. The molecule has 3 rings (SSSR count). The molecule has 0 fully saturated rings. The van der Waals surface area contributed by atoms with Crippen molar-refractivity contribution >= 4 is 11.0 Å². The molecule has 2 aromatic heterocycles. The van der Waals surface area contributed by atoms with Crippen molar-refractivity contribution in [1.29, 1.82) is 0 Å². The lowest BCUT2D eigenvalue weighted by atomic mass is 10.3. The molecule has 3 aromatic rings. The summed E-state index contributed by atoms with van der Waals surface area (Å²) in [6.45, 7) is 0. The Morgan fingerprint density at radius 1 is 1.06 bits per heavy atom. The molecule has 6 heteroatoms. The molecule has 2 heterocycles. The first-order chi connectivity index (χ1) is 7.86. The Morgan fingerprint density at radius 3 is 2.50 bits per heavy atom. The van der Waals surface area contributed by atoms with Crippen LogP contribution in [-0.4, -0.2) is 25.4 Å². The normalized spacial score (nSPS) is 9.50. The summed E-state index contributed by atoms with van der Waals surface area (Å²) in [6, 6.07) is 7.42. The molecule has 0 aliphatic rings. The van der Waals surface area contributed by atoms with Crippen molar-refractivity contribution in [2.45, 2.75) is 0 Å². The van der Waals surface area contributed by atoms with Gasteiger partial charge in [-0.15, -0.1) is 0 Å². The van der Waals surface area contributed by atoms with E-state index in [1.54, 1.807) is 12.4 Å². The zero-order valence-corrected chi connectivity index (χ0v) is 8.29. The van der Waals surface area contributed by atoms with Crippen molar-refractivity contribution in [3.63, 3.8) is 0 Å². The number of hydrogen-bond donors (Lipinski definition) is 2. The van der Waals surface area contributed by atoms with Crippen molar-refractivity contribution < 1.29 is 0 Å². The summed E-state index contributed by atoms with van der Waals surface area (Å²) >= 11 is 0. The van der Waals surface area contributed by atoms with Crippen molar-refractivity contribution in [1.82, 2.24) is 25.4 Å². The van der Waals surface area contributed by atoms with Gasteiger partial charge in [-0.2, -0.15) is 15.4 Å². The van der Waals surface area contributed by atoms with Gasteiger partial charge in [-0.3, -0.25) is 4.79 Å². The minimum Gasteiger partial charge on any atom is -0.319 e. The Morgan fingerprint density at radius 2 is 1.81 bits per heavy atom. The van der Waals surface area contributed by atoms with E-state index < -0.39 is 0 Å². The predicted octanol–water partition coefficient (Wildman–Crippen LogP) is 0.728. The molecule has 80 valence electrons. The third-order valence-corrected chi connectivity index (χ3v) is 1.81. The molecular weight excluding hydrogens is 206 g/mol. The highest BCUT2D eigenvalue weighted by Gasteiger charge is 1.90. The first kappa shape index (κ1) is 10.0. The summed E-state index contributed by atoms with van der Waals surface area (Å²) < 4.78 is 0. The highest BCUT2D eigenvalue weighted by Crippen LogP contribution is 2.02. The lowest BCUT2D eigenvalue weighted by Crippen LogP contribution is -2.04. The number of fused-ring (bicyclic) bond motifs is 1. The maximum atomic E-state index is 10.8. The van der Waals surface area contributed by atoms with Gasteiger partial charge in [0.05, 0.1) is 29.6 Å². The summed E-state index contributed by atoms with van der Waals surface area (Å²) in [7, 11) is 0. The van der Waals surface area contributed by atoms with Gasteiger partial charge >= 0.3 is 0 Å². The topological polar surface area (TPSA) is 87.3 Å². The summed E-state index contributed by atoms with van der Waals surface area (Å²) in [4.78, 5) is 17.4. The molecule has 16 heavy (non-hydrogen) atoms. The van der Waals surface area contributed by atoms with Crippen LogP contribution in [-0.2, 0) is 0 Å². The minimum absolute atomic E-state index is 0.163. The number of aromatic nitrogens is 5. The standard InChI is InChI=1S/C8H6N2O.C2H3N3/c11-8-5-9-6-3-1-2-4-7(6)10-8;1-2-4-5-3-1/h1-5H,(H,10,11);1-2H,(H,3,4,5). The van der Waals surface area contributed by atoms with Crippen molar-refractivity contribution in [2.75, 3.05) is 0 Å². The first-order valence-corrected chi connectivity index (χ1v) is 4.60. The fraction of sp³-hybridized carbons (Fsp3) is 0. The number of nitrogens with one attached hydrogen (secondary N) is 2. The van der Waals surface area contributed by atoms with Crippen molar-refractivity contribution in [2.24, 2.45) is 0 Å². The summed E-state index contributed by atoms with van der Waals surface area (Å²) in [5.74, 6) is 0. The van der Waals surface area contributed by atoms with Crippen LogP contribution in [0.4, 0.5) is 0 Å². The second-order valence-electron chi connectivity index (χ2n) is 2.92. The van der Waals surface area contributed by atoms with E-state index in [2.05, 4.69) is 25.4 Å². The van der Waals surface area contributed by atoms with Crippen LogP contribution in [0.1, 0.15) is 0 Å². The zero-order chi connectivity index (χ0) is 11.2. The van der Waals surface area contributed by atoms with Crippen molar-refractivity contribution in [3.05, 3.63) is 53.2 Å². The number of para-hydroxylation sites is 2. The van der Waals surface area contributed by atoms with Gasteiger partial charge in [-0.25, -0.2) is 4.98 Å². The number of aromatic amines is 2. The summed E-state index contributed by atoms with van der Waals surface area (Å²) in [6.07, 6.45) is 4.45. The monoisotopic (exact) mass is 215 g/mol. The zero-order valence-electron chi connectivity index (χ0n) is 8.29. The van der Waals surface area contributed by atoms with E-state index in [1.807, 2.05) is 24.3 Å². The molecule has 0 saturated carbocycles. The molecule has 0 unspecified atom stereocenters. The van der Waals surface area contributed by atoms with Gasteiger partial charge in [0.1, 0.15) is 0 Å². The molecule has 0 amide bonds. The largest absolute Gasteiger partial charge is 0.319 e. The van der Waals surface area contributed by atoms with E-state index in [0.29, 0.717) is 0 Å². The molecule has 1 aromatic carbocycles. The van der Waals surface area contributed by atoms with Gasteiger partial charge in [-0.05, 0) is 12.1 Å². The molecule has 2 N–H and O–H groups in total. The predicted molar refractivity (Wildman–Crippen MR) is 58.7 cm³/mol. The average molecular weight is 215 g/mol. The molecule has 0 bridgehead atoms. The van der Waals surface area contributed by atoms with Gasteiger partial charge in [0, 0.05) is 0 Å². The minimum atomic E-state index is -0.163. The molecule has 0 atom stereocenters. The van der Waals surface area contributed by atoms with Crippen LogP contribution in [0.15, 0.2) is 47.7 Å². The quantitative estimate of drug-likeness (QED) is 0.578. The Kier molecular flexibility index (Phi) is 3.03. The smallest absolute Gasteiger partial charge is 0.266 e. The fourth-order valence-electron chi connectivity index (χ4n) is 1.15. The first-order valence-electron chi connectivity index (χ1n) is 4.60. The number of H-pyrrole nitrogens is 2. The van der Waals surface area contributed by atoms with Crippen LogP contribution in [0.5, 0.6) is 0 Å². The van der Waals surface area contributed by atoms with Crippen LogP contribution < -0.4 is 5.56 Å². The van der Waals surface area contributed by atoms with Gasteiger partial charge in [-0.1, -0.05) is 12.1 Å². The van der Waals surface area contributed by atoms with E-state index in [4.69, 9.17) is 0 Å². The molecule has 0 radical (unpaired) electrons. The SMILES string of the molecule is O=c1cnc2ccccc2[nH]1.c1cn[nH]n1. The Labute approximate surface area is 90.4 Å². The lowest BCUT2D eigenvalue weighted by Gasteiger charge is -1.92. The van der Waals surface area contributed by atoms with Gasteiger partial charge in [0.15, 0.2) is 0 Å². The van der Waals surface area contributed by atoms with Crippen LogP contribution in [0.3, 0.4) is 0 Å². The van der Waals surface area contributed by atoms with E-state index >= 15 is 0 Å². The average Bonchev–Trinajstić information content (AvgIpc) is 2.87. The Hall–Kier alpha value is -2.50. The summed E-state index contributed by atoms with van der Waals surface area (Å²) in [5, 5.41) is 9.33. The number of hydrogen-bond acceptors (Lipinski definition) is 4. The second-order valence-corrected chi connectivity index (χ2v) is 2.92. The van der Waals surface area contributed by atoms with E-state index in [9.17, 15) is 4.79 Å². The highest BCUT2D eigenvalue weighted by molar-refractivity contribution is 5.72. The lowest BCUT2D eigenvalue weighted by molar-refractivity contribution is 0.940. The van der Waals surface area contributed by atoms with Crippen LogP contribution in [0.2, 0.25) is 0 Å². The summed E-state index contributed by atoms with van der Waals surface area (Å²) in [5.41, 5.74) is 1.43. The molecule has 6 nitrogen and oxygen atoms in total. The van der Waals surface area contributed by atoms with Crippen LogP contribution >= 0.6 is 0 Å². The van der Waals surface area contributed by atoms with Crippen LogP contribution in [0, 0.1) is 0 Å².